The highest BCUT2D eigenvalue weighted by Gasteiger charge is 2.25. The lowest BCUT2D eigenvalue weighted by Crippen LogP contribution is -2.47. The van der Waals surface area contributed by atoms with Crippen molar-refractivity contribution in [1.29, 1.82) is 0 Å². The van der Waals surface area contributed by atoms with Crippen molar-refractivity contribution in [2.24, 2.45) is 0 Å². The van der Waals surface area contributed by atoms with E-state index in [0.29, 0.717) is 6.54 Å². The van der Waals surface area contributed by atoms with E-state index in [1.54, 1.807) is 33.1 Å². The molecule has 0 aliphatic carbocycles. The van der Waals surface area contributed by atoms with Gasteiger partial charge in [-0.1, -0.05) is 24.3 Å². The smallest absolute Gasteiger partial charge is 0.242 e. The van der Waals surface area contributed by atoms with E-state index >= 15 is 0 Å². The van der Waals surface area contributed by atoms with Gasteiger partial charge in [0, 0.05) is 13.6 Å². The van der Waals surface area contributed by atoms with Gasteiger partial charge in [0.2, 0.25) is 11.8 Å². The molecule has 2 aromatic rings. The van der Waals surface area contributed by atoms with Crippen LogP contribution in [0.3, 0.4) is 0 Å². The highest BCUT2D eigenvalue weighted by molar-refractivity contribution is 5.88. The summed E-state index contributed by atoms with van der Waals surface area (Å²) in [5, 5.41) is 2.61. The van der Waals surface area contributed by atoms with Crippen LogP contribution >= 0.6 is 0 Å². The van der Waals surface area contributed by atoms with Crippen LogP contribution in [0.25, 0.3) is 0 Å². The number of amides is 2. The van der Waals surface area contributed by atoms with Gasteiger partial charge >= 0.3 is 0 Å². The van der Waals surface area contributed by atoms with Crippen LogP contribution in [-0.4, -0.2) is 44.0 Å². The normalized spacial score (nSPS) is 11.4. The summed E-state index contributed by atoms with van der Waals surface area (Å²) in [6.45, 7) is 2.07. The van der Waals surface area contributed by atoms with Crippen molar-refractivity contribution < 1.29 is 19.1 Å². The molecule has 2 rings (SSSR count). The third kappa shape index (κ3) is 5.48. The number of carbonyl (C=O) groups excluding carboxylic acids is 2. The second-order valence-electron chi connectivity index (χ2n) is 6.18. The van der Waals surface area contributed by atoms with Crippen LogP contribution in [0.1, 0.15) is 18.1 Å². The predicted octanol–water partition coefficient (Wildman–Crippen LogP) is 2.41. The number of rotatable bonds is 8. The maximum Gasteiger partial charge on any atom is 0.242 e. The van der Waals surface area contributed by atoms with Gasteiger partial charge in [-0.25, -0.2) is 0 Å². The third-order valence-corrected chi connectivity index (χ3v) is 4.44. The first-order chi connectivity index (χ1) is 13.0. The van der Waals surface area contributed by atoms with Crippen LogP contribution in [0, 0.1) is 0 Å². The fraction of sp³-hybridized carbons (Fsp3) is 0.333. The van der Waals surface area contributed by atoms with E-state index in [0.717, 1.165) is 22.6 Å². The first-order valence-corrected chi connectivity index (χ1v) is 8.75. The molecular weight excluding hydrogens is 344 g/mol. The molecule has 144 valence electrons. The van der Waals surface area contributed by atoms with Crippen molar-refractivity contribution >= 4 is 11.8 Å². The fourth-order valence-corrected chi connectivity index (χ4v) is 2.74. The zero-order valence-electron chi connectivity index (χ0n) is 16.2. The summed E-state index contributed by atoms with van der Waals surface area (Å²) in [7, 11) is 4.77. The zero-order valence-corrected chi connectivity index (χ0v) is 16.2. The van der Waals surface area contributed by atoms with Crippen molar-refractivity contribution in [2.75, 3.05) is 21.3 Å². The molecule has 0 radical (unpaired) electrons. The van der Waals surface area contributed by atoms with Gasteiger partial charge in [0.15, 0.2) is 0 Å². The monoisotopic (exact) mass is 370 g/mol. The second kappa shape index (κ2) is 9.62. The molecule has 0 fully saturated rings. The number of ether oxygens (including phenoxy) is 2. The van der Waals surface area contributed by atoms with Crippen LogP contribution in [0.15, 0.2) is 48.5 Å². The molecular formula is C21H26N2O4. The SMILES string of the molecule is CNC(=O)[C@@H](C)N(Cc1ccc(OC)cc1)C(=O)Cc1ccc(OC)cc1. The van der Waals surface area contributed by atoms with E-state index in [1.165, 1.54) is 0 Å². The number of hydrogen-bond acceptors (Lipinski definition) is 4. The standard InChI is InChI=1S/C21H26N2O4/c1-15(21(25)22-2)23(14-17-7-11-19(27-4)12-8-17)20(24)13-16-5-9-18(26-3)10-6-16/h5-12,15H,13-14H2,1-4H3,(H,22,25)/t15-/m1/s1. The average Bonchev–Trinajstić information content (AvgIpc) is 2.71. The largest absolute Gasteiger partial charge is 0.497 e. The van der Waals surface area contributed by atoms with Crippen LogP contribution in [-0.2, 0) is 22.6 Å². The number of nitrogens with zero attached hydrogens (tertiary/aromatic N) is 1. The van der Waals surface area contributed by atoms with Gasteiger partial charge in [0.1, 0.15) is 17.5 Å². The van der Waals surface area contributed by atoms with Crippen molar-refractivity contribution in [3.05, 3.63) is 59.7 Å². The predicted molar refractivity (Wildman–Crippen MR) is 104 cm³/mol. The summed E-state index contributed by atoms with van der Waals surface area (Å²) in [5.74, 6) is 1.16. The molecule has 1 N–H and O–H groups in total. The summed E-state index contributed by atoms with van der Waals surface area (Å²) in [4.78, 5) is 26.7. The molecule has 2 amide bonds. The Bertz CT molecular complexity index is 757. The van der Waals surface area contributed by atoms with Gasteiger partial charge in [0.05, 0.1) is 20.6 Å². The van der Waals surface area contributed by atoms with E-state index in [4.69, 9.17) is 9.47 Å². The van der Waals surface area contributed by atoms with Gasteiger partial charge < -0.3 is 19.7 Å². The van der Waals surface area contributed by atoms with Crippen LogP contribution in [0.2, 0.25) is 0 Å². The fourth-order valence-electron chi connectivity index (χ4n) is 2.74. The van der Waals surface area contributed by atoms with Gasteiger partial charge in [-0.2, -0.15) is 0 Å². The van der Waals surface area contributed by atoms with Crippen molar-refractivity contribution in [3.8, 4) is 11.5 Å². The molecule has 0 spiro atoms. The molecule has 0 aliphatic rings. The Kier molecular flexibility index (Phi) is 7.23. The molecule has 0 saturated heterocycles. The molecule has 0 aromatic heterocycles. The number of benzene rings is 2. The number of methoxy groups -OCH3 is 2. The summed E-state index contributed by atoms with van der Waals surface area (Å²) < 4.78 is 10.3. The molecule has 0 aliphatic heterocycles. The number of carbonyl (C=O) groups is 2. The van der Waals surface area contributed by atoms with Gasteiger partial charge in [-0.05, 0) is 42.3 Å². The summed E-state index contributed by atoms with van der Waals surface area (Å²) in [6, 6.07) is 14.2. The van der Waals surface area contributed by atoms with Crippen molar-refractivity contribution in [1.82, 2.24) is 10.2 Å². The Labute approximate surface area is 160 Å². The maximum atomic E-state index is 12.9. The lowest BCUT2D eigenvalue weighted by molar-refractivity contribution is -0.139. The Hall–Kier alpha value is -3.02. The molecule has 0 bridgehead atoms. The minimum absolute atomic E-state index is 0.118. The van der Waals surface area contributed by atoms with E-state index in [2.05, 4.69) is 5.32 Å². The summed E-state index contributed by atoms with van der Waals surface area (Å²) in [6.07, 6.45) is 0.210. The Morgan fingerprint density at radius 1 is 0.926 bits per heavy atom. The maximum absolute atomic E-state index is 12.9. The third-order valence-electron chi connectivity index (χ3n) is 4.44. The highest BCUT2D eigenvalue weighted by Crippen LogP contribution is 2.17. The summed E-state index contributed by atoms with van der Waals surface area (Å²) >= 11 is 0. The quantitative estimate of drug-likeness (QED) is 0.775. The minimum atomic E-state index is -0.581. The topological polar surface area (TPSA) is 67.9 Å². The number of likely N-dealkylation sites (N-methyl/N-ethyl adjacent to an activating group) is 1. The van der Waals surface area contributed by atoms with Gasteiger partial charge in [-0.3, -0.25) is 9.59 Å². The van der Waals surface area contributed by atoms with E-state index < -0.39 is 6.04 Å². The second-order valence-corrected chi connectivity index (χ2v) is 6.18. The molecule has 0 heterocycles. The summed E-state index contributed by atoms with van der Waals surface area (Å²) in [5.41, 5.74) is 1.79. The first-order valence-electron chi connectivity index (χ1n) is 8.75. The van der Waals surface area contributed by atoms with E-state index in [9.17, 15) is 9.59 Å². The molecule has 2 aromatic carbocycles. The van der Waals surface area contributed by atoms with E-state index in [1.807, 2.05) is 48.5 Å². The number of hydrogen-bond donors (Lipinski definition) is 1. The highest BCUT2D eigenvalue weighted by atomic mass is 16.5. The van der Waals surface area contributed by atoms with Crippen LogP contribution < -0.4 is 14.8 Å². The van der Waals surface area contributed by atoms with Gasteiger partial charge in [-0.15, -0.1) is 0 Å². The first kappa shape index (κ1) is 20.3. The molecule has 6 nitrogen and oxygen atoms in total. The molecule has 6 heteroatoms. The van der Waals surface area contributed by atoms with Crippen LogP contribution in [0.5, 0.6) is 11.5 Å². The Morgan fingerprint density at radius 2 is 1.41 bits per heavy atom. The zero-order chi connectivity index (χ0) is 19.8. The molecule has 0 saturated carbocycles. The molecule has 27 heavy (non-hydrogen) atoms. The van der Waals surface area contributed by atoms with Crippen molar-refractivity contribution in [3.63, 3.8) is 0 Å². The average molecular weight is 370 g/mol. The number of nitrogens with one attached hydrogen (secondary N) is 1. The Balaban J connectivity index is 2.18. The van der Waals surface area contributed by atoms with Crippen LogP contribution in [0.4, 0.5) is 0 Å². The van der Waals surface area contributed by atoms with E-state index in [-0.39, 0.29) is 18.2 Å². The minimum Gasteiger partial charge on any atom is -0.497 e. The Morgan fingerprint density at radius 3 is 1.85 bits per heavy atom. The van der Waals surface area contributed by atoms with Crippen molar-refractivity contribution in [2.45, 2.75) is 25.9 Å². The molecule has 0 unspecified atom stereocenters. The van der Waals surface area contributed by atoms with Gasteiger partial charge in [0.25, 0.3) is 0 Å². The lowest BCUT2D eigenvalue weighted by atomic mass is 10.1. The lowest BCUT2D eigenvalue weighted by Gasteiger charge is -2.28. The molecule has 1 atom stereocenters.